The molecule has 0 spiro atoms. The molecule has 1 aliphatic rings. The standard InChI is InChI=1S/C22H50N8O3/c1-29(12-6-23)13-17-32-15-9-26-20-25-7-3-2-4-8-27-22(31)28-10-16-33-18-14-30-11-5-21(24)19-30/h21,25-26H,2-20,23-24H2,1H3,(H2,27,28,31)/t21-/m0/s1. The summed E-state index contributed by atoms with van der Waals surface area (Å²) in [5.41, 5.74) is 11.4. The lowest BCUT2D eigenvalue weighted by Gasteiger charge is -2.15. The number of hydrogen-bond donors (Lipinski definition) is 6. The Bertz CT molecular complexity index is 461. The third-order valence-corrected chi connectivity index (χ3v) is 5.51. The smallest absolute Gasteiger partial charge is 0.314 e. The van der Waals surface area contributed by atoms with Crippen molar-refractivity contribution in [2.24, 2.45) is 11.5 Å². The second kappa shape index (κ2) is 21.5. The van der Waals surface area contributed by atoms with E-state index in [1.165, 1.54) is 0 Å². The predicted octanol–water partition coefficient (Wildman–Crippen LogP) is -1.45. The van der Waals surface area contributed by atoms with Gasteiger partial charge in [-0.05, 0) is 39.4 Å². The van der Waals surface area contributed by atoms with Crippen molar-refractivity contribution in [1.82, 2.24) is 31.1 Å². The van der Waals surface area contributed by atoms with Crippen molar-refractivity contribution in [3.05, 3.63) is 0 Å². The number of likely N-dealkylation sites (N-methyl/N-ethyl adjacent to an activating group) is 1. The first-order valence-electron chi connectivity index (χ1n) is 12.6. The summed E-state index contributed by atoms with van der Waals surface area (Å²) in [5, 5.41) is 12.4. The van der Waals surface area contributed by atoms with E-state index in [1.807, 2.05) is 0 Å². The molecule has 1 saturated heterocycles. The van der Waals surface area contributed by atoms with Gasteiger partial charge >= 0.3 is 6.03 Å². The topological polar surface area (TPSA) is 142 Å². The van der Waals surface area contributed by atoms with Gasteiger partial charge in [-0.1, -0.05) is 6.42 Å². The minimum Gasteiger partial charge on any atom is -0.379 e. The van der Waals surface area contributed by atoms with Gasteiger partial charge in [-0.25, -0.2) is 4.79 Å². The molecule has 0 unspecified atom stereocenters. The van der Waals surface area contributed by atoms with Crippen molar-refractivity contribution in [3.63, 3.8) is 0 Å². The van der Waals surface area contributed by atoms with E-state index in [-0.39, 0.29) is 6.03 Å². The fourth-order valence-corrected chi connectivity index (χ4v) is 3.48. The van der Waals surface area contributed by atoms with Crippen molar-refractivity contribution in [1.29, 1.82) is 0 Å². The molecule has 11 nitrogen and oxygen atoms in total. The molecule has 196 valence electrons. The van der Waals surface area contributed by atoms with E-state index in [2.05, 4.69) is 38.1 Å². The molecule has 2 amide bonds. The van der Waals surface area contributed by atoms with Crippen molar-refractivity contribution >= 4 is 6.03 Å². The fraction of sp³-hybridized carbons (Fsp3) is 0.955. The second-order valence-corrected chi connectivity index (χ2v) is 8.59. The molecule has 1 atom stereocenters. The number of amides is 2. The third-order valence-electron chi connectivity index (χ3n) is 5.51. The van der Waals surface area contributed by atoms with Crippen LogP contribution in [-0.4, -0.2) is 127 Å². The van der Waals surface area contributed by atoms with Crippen LogP contribution in [-0.2, 0) is 9.47 Å². The lowest BCUT2D eigenvalue weighted by atomic mass is 10.2. The first-order chi connectivity index (χ1) is 16.1. The molecule has 33 heavy (non-hydrogen) atoms. The van der Waals surface area contributed by atoms with Gasteiger partial charge in [-0.15, -0.1) is 0 Å². The maximum absolute atomic E-state index is 11.7. The van der Waals surface area contributed by atoms with Gasteiger partial charge in [0.2, 0.25) is 0 Å². The van der Waals surface area contributed by atoms with Gasteiger partial charge in [-0.3, -0.25) is 4.90 Å². The van der Waals surface area contributed by atoms with Crippen molar-refractivity contribution in [3.8, 4) is 0 Å². The second-order valence-electron chi connectivity index (χ2n) is 8.59. The van der Waals surface area contributed by atoms with E-state index in [0.717, 1.165) is 84.8 Å². The Hall–Kier alpha value is -1.05. The summed E-state index contributed by atoms with van der Waals surface area (Å²) < 4.78 is 11.2. The van der Waals surface area contributed by atoms with Crippen LogP contribution in [0.15, 0.2) is 0 Å². The molecule has 1 rings (SSSR count). The molecular formula is C22H50N8O3. The predicted molar refractivity (Wildman–Crippen MR) is 133 cm³/mol. The summed E-state index contributed by atoms with van der Waals surface area (Å²) in [7, 11) is 2.05. The first-order valence-corrected chi connectivity index (χ1v) is 12.6. The van der Waals surface area contributed by atoms with Gasteiger partial charge < -0.3 is 47.1 Å². The van der Waals surface area contributed by atoms with Crippen LogP contribution in [0.4, 0.5) is 4.79 Å². The number of ether oxygens (including phenoxy) is 2. The Morgan fingerprint density at radius 2 is 1.70 bits per heavy atom. The zero-order chi connectivity index (χ0) is 24.0. The van der Waals surface area contributed by atoms with Gasteiger partial charge in [-0.2, -0.15) is 0 Å². The van der Waals surface area contributed by atoms with Gasteiger partial charge in [0.1, 0.15) is 0 Å². The zero-order valence-electron chi connectivity index (χ0n) is 20.8. The first kappa shape index (κ1) is 30.0. The number of nitrogens with two attached hydrogens (primary N) is 2. The highest BCUT2D eigenvalue weighted by molar-refractivity contribution is 5.73. The van der Waals surface area contributed by atoms with Crippen LogP contribution >= 0.6 is 0 Å². The molecule has 0 aliphatic carbocycles. The largest absolute Gasteiger partial charge is 0.379 e. The van der Waals surface area contributed by atoms with Crippen LogP contribution < -0.4 is 32.7 Å². The molecule has 1 aliphatic heterocycles. The number of nitrogens with one attached hydrogen (secondary N) is 4. The van der Waals surface area contributed by atoms with Crippen LogP contribution in [0.2, 0.25) is 0 Å². The van der Waals surface area contributed by atoms with Crippen LogP contribution in [0.5, 0.6) is 0 Å². The molecule has 0 saturated carbocycles. The Morgan fingerprint density at radius 1 is 0.970 bits per heavy atom. The van der Waals surface area contributed by atoms with E-state index < -0.39 is 0 Å². The lowest BCUT2D eigenvalue weighted by Crippen LogP contribution is -2.38. The molecule has 0 radical (unpaired) electrons. The SMILES string of the molecule is CN(CCN)CCOCCNCNCCCCCNC(=O)NCCOCCN1CC[C@H](N)C1. The highest BCUT2D eigenvalue weighted by Crippen LogP contribution is 2.05. The van der Waals surface area contributed by atoms with E-state index in [0.29, 0.717) is 45.5 Å². The number of likely N-dealkylation sites (tertiary alicyclic amines) is 1. The summed E-state index contributed by atoms with van der Waals surface area (Å²) in [5.74, 6) is 0. The Labute approximate surface area is 200 Å². The fourth-order valence-electron chi connectivity index (χ4n) is 3.48. The molecule has 8 N–H and O–H groups in total. The third kappa shape index (κ3) is 19.0. The maximum atomic E-state index is 11.7. The number of rotatable bonds is 22. The number of unbranched alkanes of at least 4 members (excludes halogenated alkanes) is 2. The van der Waals surface area contributed by atoms with Gasteiger partial charge in [0.05, 0.1) is 26.4 Å². The monoisotopic (exact) mass is 474 g/mol. The number of nitrogens with zero attached hydrogens (tertiary/aromatic N) is 2. The molecule has 11 heteroatoms. The number of carbonyl (C=O) groups excluding carboxylic acids is 1. The number of hydrogen-bond acceptors (Lipinski definition) is 9. The minimum absolute atomic E-state index is 0.125. The molecule has 0 aromatic carbocycles. The summed E-state index contributed by atoms with van der Waals surface area (Å²) in [6.45, 7) is 11.9. The van der Waals surface area contributed by atoms with Crippen molar-refractivity contribution in [2.45, 2.75) is 31.7 Å². The van der Waals surface area contributed by atoms with Crippen LogP contribution in [0.1, 0.15) is 25.7 Å². The summed E-state index contributed by atoms with van der Waals surface area (Å²) in [6.07, 6.45) is 4.21. The summed E-state index contributed by atoms with van der Waals surface area (Å²) >= 11 is 0. The summed E-state index contributed by atoms with van der Waals surface area (Å²) in [4.78, 5) is 16.2. The van der Waals surface area contributed by atoms with Gasteiger partial charge in [0.25, 0.3) is 0 Å². The van der Waals surface area contributed by atoms with Gasteiger partial charge in [0.15, 0.2) is 0 Å². The molecule has 1 heterocycles. The average molecular weight is 475 g/mol. The molecule has 1 fully saturated rings. The normalized spacial score (nSPS) is 16.5. The highest BCUT2D eigenvalue weighted by atomic mass is 16.5. The minimum atomic E-state index is -0.125. The number of carbonyl (C=O) groups is 1. The zero-order valence-corrected chi connectivity index (χ0v) is 20.8. The van der Waals surface area contributed by atoms with E-state index in [9.17, 15) is 4.79 Å². The van der Waals surface area contributed by atoms with Crippen LogP contribution in [0, 0.1) is 0 Å². The number of urea groups is 1. The Kier molecular flexibility index (Phi) is 19.5. The lowest BCUT2D eigenvalue weighted by molar-refractivity contribution is 0.113. The summed E-state index contributed by atoms with van der Waals surface area (Å²) in [6, 6.07) is 0.184. The van der Waals surface area contributed by atoms with Crippen molar-refractivity contribution < 1.29 is 14.3 Å². The highest BCUT2D eigenvalue weighted by Gasteiger charge is 2.17. The van der Waals surface area contributed by atoms with E-state index >= 15 is 0 Å². The van der Waals surface area contributed by atoms with Crippen molar-refractivity contribution in [2.75, 3.05) is 106 Å². The molecule has 0 aromatic heterocycles. The quantitative estimate of drug-likeness (QED) is 0.0820. The molecular weight excluding hydrogens is 424 g/mol. The maximum Gasteiger partial charge on any atom is 0.314 e. The van der Waals surface area contributed by atoms with E-state index in [4.69, 9.17) is 20.9 Å². The molecule has 0 bridgehead atoms. The Balaban J connectivity index is 1.72. The van der Waals surface area contributed by atoms with Crippen LogP contribution in [0.25, 0.3) is 0 Å². The van der Waals surface area contributed by atoms with Gasteiger partial charge in [0, 0.05) is 65.1 Å². The van der Waals surface area contributed by atoms with Crippen LogP contribution in [0.3, 0.4) is 0 Å². The Morgan fingerprint density at radius 3 is 2.48 bits per heavy atom. The average Bonchev–Trinajstić information content (AvgIpc) is 3.21. The van der Waals surface area contributed by atoms with E-state index in [1.54, 1.807) is 0 Å². The molecule has 0 aromatic rings.